The third kappa shape index (κ3) is 2.29. The molecule has 0 unspecified atom stereocenters. The SMILES string of the molecule is Nc1cc(-c2cncnc2)cc(-n2cccn2)c1[N+](=O)[O-]. The second kappa shape index (κ2) is 5.00. The molecule has 0 aliphatic heterocycles. The summed E-state index contributed by atoms with van der Waals surface area (Å²) in [6, 6.07) is 4.85. The molecule has 0 radical (unpaired) electrons. The number of nitrogens with two attached hydrogens (primary N) is 1. The highest BCUT2D eigenvalue weighted by Gasteiger charge is 2.21. The van der Waals surface area contributed by atoms with E-state index in [9.17, 15) is 10.1 Å². The Morgan fingerprint density at radius 1 is 1.19 bits per heavy atom. The van der Waals surface area contributed by atoms with Crippen LogP contribution in [0.1, 0.15) is 0 Å². The number of rotatable bonds is 3. The monoisotopic (exact) mass is 282 g/mol. The van der Waals surface area contributed by atoms with E-state index < -0.39 is 4.92 Å². The van der Waals surface area contributed by atoms with Crippen molar-refractivity contribution < 1.29 is 4.92 Å². The van der Waals surface area contributed by atoms with Crippen molar-refractivity contribution >= 4 is 11.4 Å². The normalized spacial score (nSPS) is 10.5. The molecule has 0 amide bonds. The molecular formula is C13H10N6O2. The lowest BCUT2D eigenvalue weighted by Crippen LogP contribution is -2.04. The third-order valence-electron chi connectivity index (χ3n) is 2.95. The first-order chi connectivity index (χ1) is 10.2. The molecule has 0 atom stereocenters. The van der Waals surface area contributed by atoms with Crippen molar-refractivity contribution in [3.05, 3.63) is 59.4 Å². The van der Waals surface area contributed by atoms with Crippen LogP contribution in [0.15, 0.2) is 49.3 Å². The van der Waals surface area contributed by atoms with Gasteiger partial charge in [0.05, 0.1) is 4.92 Å². The van der Waals surface area contributed by atoms with Crippen molar-refractivity contribution in [3.8, 4) is 16.8 Å². The fourth-order valence-corrected chi connectivity index (χ4v) is 2.04. The Kier molecular flexibility index (Phi) is 3.03. The van der Waals surface area contributed by atoms with Crippen LogP contribution in [0.4, 0.5) is 11.4 Å². The molecule has 0 aliphatic rings. The summed E-state index contributed by atoms with van der Waals surface area (Å²) in [5, 5.41) is 15.3. The van der Waals surface area contributed by atoms with Gasteiger partial charge in [-0.05, 0) is 23.8 Å². The minimum Gasteiger partial charge on any atom is -0.393 e. The van der Waals surface area contributed by atoms with Gasteiger partial charge in [-0.15, -0.1) is 0 Å². The molecule has 0 spiro atoms. The van der Waals surface area contributed by atoms with E-state index in [-0.39, 0.29) is 11.4 Å². The van der Waals surface area contributed by atoms with Gasteiger partial charge >= 0.3 is 5.69 Å². The van der Waals surface area contributed by atoms with Crippen molar-refractivity contribution in [1.82, 2.24) is 19.7 Å². The maximum Gasteiger partial charge on any atom is 0.317 e. The number of aromatic nitrogens is 4. The number of nitro benzene ring substituents is 1. The number of nitrogens with zero attached hydrogens (tertiary/aromatic N) is 5. The fourth-order valence-electron chi connectivity index (χ4n) is 2.04. The van der Waals surface area contributed by atoms with Crippen LogP contribution in [0.3, 0.4) is 0 Å². The molecule has 2 aromatic heterocycles. The van der Waals surface area contributed by atoms with Gasteiger partial charge in [0.15, 0.2) is 0 Å². The average molecular weight is 282 g/mol. The smallest absolute Gasteiger partial charge is 0.317 e. The molecule has 2 N–H and O–H groups in total. The summed E-state index contributed by atoms with van der Waals surface area (Å²) in [4.78, 5) is 18.6. The van der Waals surface area contributed by atoms with Crippen LogP contribution in [0.5, 0.6) is 0 Å². The summed E-state index contributed by atoms with van der Waals surface area (Å²) in [7, 11) is 0. The molecule has 3 aromatic rings. The van der Waals surface area contributed by atoms with Crippen molar-refractivity contribution in [1.29, 1.82) is 0 Å². The highest BCUT2D eigenvalue weighted by molar-refractivity contribution is 5.78. The zero-order chi connectivity index (χ0) is 14.8. The predicted octanol–water partition coefficient (Wildman–Crippen LogP) is 1.82. The molecule has 0 bridgehead atoms. The second-order valence-electron chi connectivity index (χ2n) is 4.27. The number of anilines is 1. The number of benzene rings is 1. The number of hydrogen-bond acceptors (Lipinski definition) is 6. The quantitative estimate of drug-likeness (QED) is 0.445. The van der Waals surface area contributed by atoms with E-state index in [4.69, 9.17) is 5.73 Å². The first kappa shape index (κ1) is 12.7. The highest BCUT2D eigenvalue weighted by Crippen LogP contribution is 2.34. The van der Waals surface area contributed by atoms with Gasteiger partial charge in [-0.3, -0.25) is 10.1 Å². The maximum atomic E-state index is 11.2. The van der Waals surface area contributed by atoms with E-state index in [1.807, 2.05) is 0 Å². The summed E-state index contributed by atoms with van der Waals surface area (Å²) < 4.78 is 1.40. The first-order valence-electron chi connectivity index (χ1n) is 6.00. The summed E-state index contributed by atoms with van der Waals surface area (Å²) in [6.07, 6.45) is 7.79. The Morgan fingerprint density at radius 2 is 1.95 bits per heavy atom. The Hall–Kier alpha value is -3.29. The second-order valence-corrected chi connectivity index (χ2v) is 4.27. The first-order valence-corrected chi connectivity index (χ1v) is 6.00. The molecule has 1 aromatic carbocycles. The van der Waals surface area contributed by atoms with E-state index in [0.717, 1.165) is 0 Å². The van der Waals surface area contributed by atoms with Gasteiger partial charge in [-0.25, -0.2) is 14.6 Å². The van der Waals surface area contributed by atoms with Gasteiger partial charge in [0.25, 0.3) is 0 Å². The average Bonchev–Trinajstić information content (AvgIpc) is 3.01. The van der Waals surface area contributed by atoms with Crippen LogP contribution >= 0.6 is 0 Å². The summed E-state index contributed by atoms with van der Waals surface area (Å²) in [5.74, 6) is 0. The Bertz CT molecular complexity index is 786. The molecule has 8 heteroatoms. The molecule has 0 aliphatic carbocycles. The number of nitrogen functional groups attached to an aromatic ring is 1. The number of hydrogen-bond donors (Lipinski definition) is 1. The van der Waals surface area contributed by atoms with Crippen LogP contribution in [-0.2, 0) is 0 Å². The standard InChI is InChI=1S/C13H10N6O2/c14-11-4-9(10-6-15-8-16-7-10)5-12(13(11)19(20)21)18-3-1-2-17-18/h1-8H,14H2. The van der Waals surface area contributed by atoms with Crippen molar-refractivity contribution in [3.63, 3.8) is 0 Å². The maximum absolute atomic E-state index is 11.2. The van der Waals surface area contributed by atoms with E-state index in [1.165, 1.54) is 23.3 Å². The molecule has 21 heavy (non-hydrogen) atoms. The summed E-state index contributed by atoms with van der Waals surface area (Å²) in [6.45, 7) is 0. The topological polar surface area (TPSA) is 113 Å². The van der Waals surface area contributed by atoms with Crippen LogP contribution < -0.4 is 5.73 Å². The zero-order valence-corrected chi connectivity index (χ0v) is 10.7. The van der Waals surface area contributed by atoms with Crippen molar-refractivity contribution in [2.75, 3.05) is 5.73 Å². The molecule has 3 rings (SSSR count). The molecular weight excluding hydrogens is 272 g/mol. The molecule has 0 fully saturated rings. The van der Waals surface area contributed by atoms with Gasteiger partial charge in [0, 0.05) is 30.4 Å². The highest BCUT2D eigenvalue weighted by atomic mass is 16.6. The molecule has 104 valence electrons. The van der Waals surface area contributed by atoms with Crippen molar-refractivity contribution in [2.24, 2.45) is 0 Å². The van der Waals surface area contributed by atoms with Crippen LogP contribution in [0.2, 0.25) is 0 Å². The van der Waals surface area contributed by atoms with Gasteiger partial charge in [-0.1, -0.05) is 0 Å². The minimum absolute atomic E-state index is 0.0619. The van der Waals surface area contributed by atoms with Gasteiger partial charge in [-0.2, -0.15) is 5.10 Å². The lowest BCUT2D eigenvalue weighted by molar-refractivity contribution is -0.383. The lowest BCUT2D eigenvalue weighted by atomic mass is 10.1. The van der Waals surface area contributed by atoms with Gasteiger partial charge < -0.3 is 5.73 Å². The third-order valence-corrected chi connectivity index (χ3v) is 2.95. The Balaban J connectivity index is 2.25. The minimum atomic E-state index is -0.516. The largest absolute Gasteiger partial charge is 0.393 e. The van der Waals surface area contributed by atoms with E-state index in [1.54, 1.807) is 30.7 Å². The summed E-state index contributed by atoms with van der Waals surface area (Å²) >= 11 is 0. The number of nitro groups is 1. The molecule has 0 saturated heterocycles. The van der Waals surface area contributed by atoms with E-state index in [2.05, 4.69) is 15.1 Å². The molecule has 0 saturated carbocycles. The Labute approximate surface area is 119 Å². The predicted molar refractivity (Wildman–Crippen MR) is 75.7 cm³/mol. The van der Waals surface area contributed by atoms with Gasteiger partial charge in [0.1, 0.15) is 17.7 Å². The van der Waals surface area contributed by atoms with Gasteiger partial charge in [0.2, 0.25) is 0 Å². The van der Waals surface area contributed by atoms with E-state index in [0.29, 0.717) is 16.8 Å². The molecule has 8 nitrogen and oxygen atoms in total. The Morgan fingerprint density at radius 3 is 2.57 bits per heavy atom. The zero-order valence-electron chi connectivity index (χ0n) is 10.7. The van der Waals surface area contributed by atoms with Crippen molar-refractivity contribution in [2.45, 2.75) is 0 Å². The lowest BCUT2D eigenvalue weighted by Gasteiger charge is -2.09. The van der Waals surface area contributed by atoms with Crippen LogP contribution in [0.25, 0.3) is 16.8 Å². The molecule has 2 heterocycles. The fraction of sp³-hybridized carbons (Fsp3) is 0. The van der Waals surface area contributed by atoms with Crippen LogP contribution in [-0.4, -0.2) is 24.7 Å². The summed E-state index contributed by atoms with van der Waals surface area (Å²) in [5.41, 5.74) is 7.42. The van der Waals surface area contributed by atoms with E-state index >= 15 is 0 Å². The van der Waals surface area contributed by atoms with Crippen LogP contribution in [0, 0.1) is 10.1 Å².